The molecule has 14 heavy (non-hydrogen) atoms. The third kappa shape index (κ3) is 4.33. The van der Waals surface area contributed by atoms with Crippen molar-refractivity contribution in [1.82, 2.24) is 5.32 Å². The van der Waals surface area contributed by atoms with Gasteiger partial charge in [-0.2, -0.15) is 11.8 Å². The third-order valence-electron chi connectivity index (χ3n) is 2.58. The van der Waals surface area contributed by atoms with E-state index in [4.69, 9.17) is 5.73 Å². The zero-order valence-corrected chi connectivity index (χ0v) is 9.61. The summed E-state index contributed by atoms with van der Waals surface area (Å²) in [5, 5.41) is 2.91. The lowest BCUT2D eigenvalue weighted by Crippen LogP contribution is -2.38. The number of amides is 1. The predicted molar refractivity (Wildman–Crippen MR) is 61.3 cm³/mol. The number of carbonyl (C=O) groups excluding carboxylic acids is 1. The molecule has 1 atom stereocenters. The minimum absolute atomic E-state index is 0.112. The van der Waals surface area contributed by atoms with Gasteiger partial charge in [0.1, 0.15) is 0 Å². The molecule has 0 bridgehead atoms. The van der Waals surface area contributed by atoms with Crippen LogP contribution in [-0.2, 0) is 4.79 Å². The Kier molecular flexibility index (Phi) is 5.33. The lowest BCUT2D eigenvalue weighted by atomic mass is 9.98. The summed E-state index contributed by atoms with van der Waals surface area (Å²) in [5.74, 6) is 3.19. The summed E-state index contributed by atoms with van der Waals surface area (Å²) in [6.07, 6.45) is 3.06. The molecular weight excluding hydrogens is 196 g/mol. The molecular formula is C10H20N2OS. The van der Waals surface area contributed by atoms with Crippen LogP contribution in [-0.4, -0.2) is 30.0 Å². The molecule has 0 aromatic carbocycles. The molecule has 0 aromatic rings. The molecule has 1 fully saturated rings. The van der Waals surface area contributed by atoms with Crippen LogP contribution in [0.3, 0.4) is 0 Å². The summed E-state index contributed by atoms with van der Waals surface area (Å²) in [6, 6.07) is 0.112. The molecule has 1 heterocycles. The van der Waals surface area contributed by atoms with Gasteiger partial charge in [-0.3, -0.25) is 4.79 Å². The quantitative estimate of drug-likeness (QED) is 0.736. The average Bonchev–Trinajstić information content (AvgIpc) is 2.19. The van der Waals surface area contributed by atoms with Gasteiger partial charge in [-0.1, -0.05) is 0 Å². The van der Waals surface area contributed by atoms with Crippen LogP contribution in [0.2, 0.25) is 0 Å². The maximum Gasteiger partial charge on any atom is 0.220 e. The Morgan fingerprint density at radius 3 is 2.79 bits per heavy atom. The predicted octanol–water partition coefficient (Wildman–Crippen LogP) is 0.983. The Bertz CT molecular complexity index is 181. The van der Waals surface area contributed by atoms with E-state index in [1.807, 2.05) is 18.7 Å². The van der Waals surface area contributed by atoms with Gasteiger partial charge in [0.05, 0.1) is 0 Å². The minimum Gasteiger partial charge on any atom is -0.352 e. The largest absolute Gasteiger partial charge is 0.352 e. The first-order chi connectivity index (χ1) is 6.72. The van der Waals surface area contributed by atoms with E-state index in [-0.39, 0.29) is 11.9 Å². The van der Waals surface area contributed by atoms with Gasteiger partial charge in [-0.05, 0) is 37.2 Å². The summed E-state index contributed by atoms with van der Waals surface area (Å²) in [4.78, 5) is 11.5. The van der Waals surface area contributed by atoms with Crippen molar-refractivity contribution in [3.63, 3.8) is 0 Å². The third-order valence-corrected chi connectivity index (χ3v) is 3.62. The Balaban J connectivity index is 2.18. The zero-order chi connectivity index (χ0) is 10.4. The highest BCUT2D eigenvalue weighted by molar-refractivity contribution is 7.99. The molecule has 1 saturated heterocycles. The lowest BCUT2D eigenvalue weighted by Gasteiger charge is -2.21. The molecule has 0 aliphatic carbocycles. The van der Waals surface area contributed by atoms with Crippen molar-refractivity contribution >= 4 is 17.7 Å². The van der Waals surface area contributed by atoms with Gasteiger partial charge in [0, 0.05) is 19.0 Å². The van der Waals surface area contributed by atoms with Crippen LogP contribution in [0.4, 0.5) is 0 Å². The Labute approximate surface area is 90.2 Å². The number of carbonyl (C=O) groups is 1. The molecule has 1 rings (SSSR count). The molecule has 1 aliphatic rings. The SMILES string of the molecule is C[C@H](CN)NC(=O)CC1CCSCC1. The van der Waals surface area contributed by atoms with Crippen molar-refractivity contribution in [2.24, 2.45) is 11.7 Å². The van der Waals surface area contributed by atoms with Crippen LogP contribution in [0.5, 0.6) is 0 Å². The molecule has 82 valence electrons. The van der Waals surface area contributed by atoms with E-state index < -0.39 is 0 Å². The highest BCUT2D eigenvalue weighted by atomic mass is 32.2. The first-order valence-electron chi connectivity index (χ1n) is 5.29. The van der Waals surface area contributed by atoms with Crippen LogP contribution in [0.25, 0.3) is 0 Å². The first-order valence-corrected chi connectivity index (χ1v) is 6.45. The van der Waals surface area contributed by atoms with Crippen molar-refractivity contribution < 1.29 is 4.79 Å². The first kappa shape index (κ1) is 11.9. The number of hydrogen-bond acceptors (Lipinski definition) is 3. The van der Waals surface area contributed by atoms with Gasteiger partial charge in [-0.15, -0.1) is 0 Å². The van der Waals surface area contributed by atoms with Crippen LogP contribution < -0.4 is 11.1 Å². The fourth-order valence-corrected chi connectivity index (χ4v) is 2.81. The summed E-state index contributed by atoms with van der Waals surface area (Å²) < 4.78 is 0. The van der Waals surface area contributed by atoms with Gasteiger partial charge in [-0.25, -0.2) is 0 Å². The van der Waals surface area contributed by atoms with Crippen molar-refractivity contribution in [3.05, 3.63) is 0 Å². The standard InChI is InChI=1S/C10H20N2OS/c1-8(7-11)12-10(13)6-9-2-4-14-5-3-9/h8-9H,2-7,11H2,1H3,(H,12,13)/t8-/m1/s1. The van der Waals surface area contributed by atoms with E-state index in [1.165, 1.54) is 24.3 Å². The van der Waals surface area contributed by atoms with Gasteiger partial charge in [0.15, 0.2) is 0 Å². The maximum atomic E-state index is 11.5. The molecule has 0 aromatic heterocycles. The fraction of sp³-hybridized carbons (Fsp3) is 0.900. The summed E-state index contributed by atoms with van der Waals surface area (Å²) in [6.45, 7) is 2.46. The Morgan fingerprint density at radius 1 is 1.57 bits per heavy atom. The van der Waals surface area contributed by atoms with Gasteiger partial charge in [0.25, 0.3) is 0 Å². The van der Waals surface area contributed by atoms with Gasteiger partial charge < -0.3 is 11.1 Å². The molecule has 3 nitrogen and oxygen atoms in total. The molecule has 0 unspecified atom stereocenters. The number of nitrogens with two attached hydrogens (primary N) is 1. The van der Waals surface area contributed by atoms with Crippen molar-refractivity contribution in [2.45, 2.75) is 32.2 Å². The molecule has 0 radical (unpaired) electrons. The van der Waals surface area contributed by atoms with E-state index in [2.05, 4.69) is 5.32 Å². The van der Waals surface area contributed by atoms with Gasteiger partial charge in [0.2, 0.25) is 5.91 Å². The summed E-state index contributed by atoms with van der Waals surface area (Å²) >= 11 is 1.99. The highest BCUT2D eigenvalue weighted by Crippen LogP contribution is 2.24. The second kappa shape index (κ2) is 6.30. The van der Waals surface area contributed by atoms with Crippen LogP contribution in [0.15, 0.2) is 0 Å². The number of nitrogens with one attached hydrogen (secondary N) is 1. The number of thioether (sulfide) groups is 1. The normalized spacial score (nSPS) is 20.4. The van der Waals surface area contributed by atoms with E-state index in [0.717, 1.165) is 0 Å². The molecule has 4 heteroatoms. The summed E-state index contributed by atoms with van der Waals surface area (Å²) in [5.41, 5.74) is 5.44. The highest BCUT2D eigenvalue weighted by Gasteiger charge is 2.17. The monoisotopic (exact) mass is 216 g/mol. The average molecular weight is 216 g/mol. The van der Waals surface area contributed by atoms with Crippen LogP contribution >= 0.6 is 11.8 Å². The summed E-state index contributed by atoms with van der Waals surface area (Å²) in [7, 11) is 0. The van der Waals surface area contributed by atoms with Crippen molar-refractivity contribution in [3.8, 4) is 0 Å². The molecule has 0 saturated carbocycles. The van der Waals surface area contributed by atoms with E-state index in [9.17, 15) is 4.79 Å². The molecule has 3 N–H and O–H groups in total. The Morgan fingerprint density at radius 2 is 2.21 bits per heavy atom. The minimum atomic E-state index is 0.112. The smallest absolute Gasteiger partial charge is 0.220 e. The lowest BCUT2D eigenvalue weighted by molar-refractivity contribution is -0.122. The van der Waals surface area contributed by atoms with Crippen LogP contribution in [0.1, 0.15) is 26.2 Å². The molecule has 1 aliphatic heterocycles. The topological polar surface area (TPSA) is 55.1 Å². The van der Waals surface area contributed by atoms with E-state index >= 15 is 0 Å². The maximum absolute atomic E-state index is 11.5. The Hall–Kier alpha value is -0.220. The number of hydrogen-bond donors (Lipinski definition) is 2. The second-order valence-electron chi connectivity index (χ2n) is 3.96. The number of rotatable bonds is 4. The zero-order valence-electron chi connectivity index (χ0n) is 8.79. The van der Waals surface area contributed by atoms with Crippen LogP contribution in [0, 0.1) is 5.92 Å². The fourth-order valence-electron chi connectivity index (χ4n) is 1.61. The second-order valence-corrected chi connectivity index (χ2v) is 5.19. The molecule has 1 amide bonds. The van der Waals surface area contributed by atoms with Crippen molar-refractivity contribution in [1.29, 1.82) is 0 Å². The van der Waals surface area contributed by atoms with E-state index in [0.29, 0.717) is 18.9 Å². The van der Waals surface area contributed by atoms with Gasteiger partial charge >= 0.3 is 0 Å². The van der Waals surface area contributed by atoms with E-state index in [1.54, 1.807) is 0 Å². The van der Waals surface area contributed by atoms with Crippen molar-refractivity contribution in [2.75, 3.05) is 18.1 Å². The molecule has 0 spiro atoms.